The van der Waals surface area contributed by atoms with Gasteiger partial charge in [0.05, 0.1) is 18.1 Å². The van der Waals surface area contributed by atoms with E-state index >= 15 is 0 Å². The molecular formula is C22H39N5O5. The number of hydrogen-bond acceptors (Lipinski definition) is 6. The molecular weight excluding hydrogens is 414 g/mol. The molecule has 0 aromatic carbocycles. The average molecular weight is 454 g/mol. The Kier molecular flexibility index (Phi) is 8.27. The third-order valence-electron chi connectivity index (χ3n) is 6.62. The number of aliphatic hydroxyl groups is 1. The Labute approximate surface area is 189 Å². The van der Waals surface area contributed by atoms with Crippen molar-refractivity contribution in [3.05, 3.63) is 0 Å². The molecule has 1 heterocycles. The second-order valence-electron chi connectivity index (χ2n) is 10.6. The van der Waals surface area contributed by atoms with Crippen LogP contribution in [0.5, 0.6) is 0 Å². The van der Waals surface area contributed by atoms with Gasteiger partial charge in [-0.2, -0.15) is 0 Å². The van der Waals surface area contributed by atoms with Gasteiger partial charge in [0.1, 0.15) is 6.23 Å². The Bertz CT molecular complexity index is 731. The van der Waals surface area contributed by atoms with Crippen LogP contribution in [0.4, 0.5) is 4.79 Å². The molecule has 0 radical (unpaired) electrons. The third-order valence-corrected chi connectivity index (χ3v) is 6.62. The lowest BCUT2D eigenvalue weighted by atomic mass is 9.84. The van der Waals surface area contributed by atoms with Crippen molar-refractivity contribution < 1.29 is 24.3 Å². The number of urea groups is 1. The minimum absolute atomic E-state index is 0.0795. The average Bonchev–Trinajstić information content (AvgIpc) is 3.36. The number of aliphatic hydroxyl groups excluding tert-OH is 1. The molecule has 0 bridgehead atoms. The first-order chi connectivity index (χ1) is 14.7. The fourth-order valence-corrected chi connectivity index (χ4v) is 4.61. The van der Waals surface area contributed by atoms with Crippen molar-refractivity contribution in [2.45, 2.75) is 84.7 Å². The van der Waals surface area contributed by atoms with Gasteiger partial charge in [-0.25, -0.2) is 4.79 Å². The highest BCUT2D eigenvalue weighted by molar-refractivity contribution is 6.37. The van der Waals surface area contributed by atoms with Crippen LogP contribution in [0.3, 0.4) is 0 Å². The van der Waals surface area contributed by atoms with Gasteiger partial charge in [-0.1, -0.05) is 47.5 Å². The Morgan fingerprint density at radius 1 is 1.06 bits per heavy atom. The number of nitrogens with zero attached hydrogens (tertiary/aromatic N) is 1. The zero-order valence-corrected chi connectivity index (χ0v) is 19.8. The summed E-state index contributed by atoms with van der Waals surface area (Å²) in [5.74, 6) is -1.96. The summed E-state index contributed by atoms with van der Waals surface area (Å²) >= 11 is 0. The fraction of sp³-hybridized carbons (Fsp3) is 0.818. The van der Waals surface area contributed by atoms with Crippen LogP contribution in [-0.2, 0) is 14.4 Å². The summed E-state index contributed by atoms with van der Waals surface area (Å²) in [4.78, 5) is 50.5. The van der Waals surface area contributed by atoms with E-state index < -0.39 is 53.4 Å². The molecule has 0 aromatic heterocycles. The monoisotopic (exact) mass is 453 g/mol. The Hall–Kier alpha value is -2.20. The zero-order chi connectivity index (χ0) is 24.4. The van der Waals surface area contributed by atoms with Crippen LogP contribution in [0, 0.1) is 23.2 Å². The van der Waals surface area contributed by atoms with Crippen LogP contribution in [0.15, 0.2) is 0 Å². The molecule has 7 N–H and O–H groups in total. The predicted octanol–water partition coefficient (Wildman–Crippen LogP) is 0.0736. The molecule has 1 aliphatic carbocycles. The number of Topliss-reactive ketones (excluding diaryl/α,β-unsaturated/α-hetero) is 1. The van der Waals surface area contributed by atoms with Gasteiger partial charge >= 0.3 is 6.03 Å². The summed E-state index contributed by atoms with van der Waals surface area (Å²) in [5, 5.41) is 16.6. The van der Waals surface area contributed by atoms with Gasteiger partial charge in [-0.15, -0.1) is 0 Å². The normalized spacial score (nSPS) is 24.6. The van der Waals surface area contributed by atoms with Gasteiger partial charge in [0.2, 0.25) is 11.7 Å². The highest BCUT2D eigenvalue weighted by Crippen LogP contribution is 2.36. The smallest absolute Gasteiger partial charge is 0.312 e. The van der Waals surface area contributed by atoms with Crippen molar-refractivity contribution in [2.24, 2.45) is 34.6 Å². The number of primary amides is 2. The van der Waals surface area contributed by atoms with E-state index in [1.807, 2.05) is 34.6 Å². The number of amides is 4. The van der Waals surface area contributed by atoms with Crippen molar-refractivity contribution in [3.8, 4) is 0 Å². The number of hydrogen-bond donors (Lipinski definition) is 5. The molecule has 1 aliphatic heterocycles. The number of likely N-dealkylation sites (tertiary alicyclic amines) is 1. The molecule has 2 unspecified atom stereocenters. The molecule has 0 spiro atoms. The Morgan fingerprint density at radius 2 is 1.66 bits per heavy atom. The molecule has 4 amide bonds. The van der Waals surface area contributed by atoms with Crippen LogP contribution in [0.1, 0.15) is 60.3 Å². The second kappa shape index (κ2) is 10.2. The minimum atomic E-state index is -1.17. The quantitative estimate of drug-likeness (QED) is 0.293. The summed E-state index contributed by atoms with van der Waals surface area (Å²) in [6.07, 6.45) is 1.77. The number of rotatable bonds is 10. The summed E-state index contributed by atoms with van der Waals surface area (Å²) in [5.41, 5.74) is 10.0. The fourth-order valence-electron chi connectivity index (χ4n) is 4.61. The van der Waals surface area contributed by atoms with Crippen molar-refractivity contribution in [2.75, 3.05) is 6.54 Å². The molecule has 182 valence electrons. The molecule has 2 fully saturated rings. The second-order valence-corrected chi connectivity index (χ2v) is 10.6. The highest BCUT2D eigenvalue weighted by Gasteiger charge is 2.48. The summed E-state index contributed by atoms with van der Waals surface area (Å²) in [6.45, 7) is 10.0. The first-order valence-electron chi connectivity index (χ1n) is 11.4. The molecule has 10 heteroatoms. The SMILES string of the molecule is CC(C)[C@H]1CCN(C(O)[C@@H](NC(N)=O)C(C)(C)C)[C@@H]1C(=O)NC(CC1CC1)C(=O)C(N)=O. The summed E-state index contributed by atoms with van der Waals surface area (Å²) in [6, 6.07) is -3.19. The van der Waals surface area contributed by atoms with Crippen LogP contribution in [-0.4, -0.2) is 64.5 Å². The van der Waals surface area contributed by atoms with E-state index in [4.69, 9.17) is 11.5 Å². The van der Waals surface area contributed by atoms with E-state index in [0.717, 1.165) is 12.8 Å². The standard InChI is InChI=1S/C22H39N5O5/c1-11(2)13-8-9-27(20(31)17(22(3,4)5)26-21(24)32)15(13)19(30)25-14(10-12-6-7-12)16(28)18(23)29/h11-15,17,20,31H,6-10H2,1-5H3,(H2,23,29)(H,25,30)(H3,24,26,32)/t13-,14?,15+,17-,20?/m1/s1. The van der Waals surface area contributed by atoms with Crippen LogP contribution < -0.4 is 22.1 Å². The zero-order valence-electron chi connectivity index (χ0n) is 19.8. The molecule has 1 saturated heterocycles. The van der Waals surface area contributed by atoms with E-state index in [1.54, 1.807) is 4.90 Å². The van der Waals surface area contributed by atoms with E-state index in [9.17, 15) is 24.3 Å². The van der Waals surface area contributed by atoms with Crippen molar-refractivity contribution >= 4 is 23.6 Å². The van der Waals surface area contributed by atoms with Gasteiger partial charge in [0.15, 0.2) is 0 Å². The first kappa shape index (κ1) is 26.1. The van der Waals surface area contributed by atoms with E-state index in [-0.39, 0.29) is 11.8 Å². The van der Waals surface area contributed by atoms with E-state index in [0.29, 0.717) is 25.3 Å². The van der Waals surface area contributed by atoms with Crippen molar-refractivity contribution in [3.63, 3.8) is 0 Å². The molecule has 5 atom stereocenters. The molecule has 2 aliphatic rings. The van der Waals surface area contributed by atoms with Gasteiger partial charge in [-0.05, 0) is 36.0 Å². The van der Waals surface area contributed by atoms with Gasteiger partial charge in [-0.3, -0.25) is 19.3 Å². The third kappa shape index (κ3) is 6.41. The molecule has 32 heavy (non-hydrogen) atoms. The van der Waals surface area contributed by atoms with Gasteiger partial charge in [0.25, 0.3) is 5.91 Å². The maximum Gasteiger partial charge on any atom is 0.312 e. The minimum Gasteiger partial charge on any atom is -0.376 e. The number of ketones is 1. The lowest BCUT2D eigenvalue weighted by Gasteiger charge is -2.41. The van der Waals surface area contributed by atoms with E-state index in [1.165, 1.54) is 0 Å². The Morgan fingerprint density at radius 3 is 2.09 bits per heavy atom. The lowest BCUT2D eigenvalue weighted by Crippen LogP contribution is -2.62. The van der Waals surface area contributed by atoms with E-state index in [2.05, 4.69) is 10.6 Å². The molecule has 1 saturated carbocycles. The van der Waals surface area contributed by atoms with Crippen LogP contribution >= 0.6 is 0 Å². The lowest BCUT2D eigenvalue weighted by molar-refractivity contribution is -0.141. The summed E-state index contributed by atoms with van der Waals surface area (Å²) < 4.78 is 0. The number of nitrogens with one attached hydrogen (secondary N) is 2. The van der Waals surface area contributed by atoms with Gasteiger partial charge in [0, 0.05) is 6.54 Å². The maximum atomic E-state index is 13.4. The predicted molar refractivity (Wildman–Crippen MR) is 119 cm³/mol. The van der Waals surface area contributed by atoms with Gasteiger partial charge < -0.3 is 27.2 Å². The van der Waals surface area contributed by atoms with Crippen LogP contribution in [0.25, 0.3) is 0 Å². The molecule has 0 aromatic rings. The Balaban J connectivity index is 2.29. The first-order valence-corrected chi connectivity index (χ1v) is 11.4. The van der Waals surface area contributed by atoms with Crippen molar-refractivity contribution in [1.29, 1.82) is 0 Å². The number of carbonyl (C=O) groups excluding carboxylic acids is 4. The number of carbonyl (C=O) groups is 4. The highest BCUT2D eigenvalue weighted by atomic mass is 16.3. The summed E-state index contributed by atoms with van der Waals surface area (Å²) in [7, 11) is 0. The van der Waals surface area contributed by atoms with Crippen molar-refractivity contribution in [1.82, 2.24) is 15.5 Å². The maximum absolute atomic E-state index is 13.4. The topological polar surface area (TPSA) is 168 Å². The molecule has 10 nitrogen and oxygen atoms in total. The number of nitrogens with two attached hydrogens (primary N) is 2. The largest absolute Gasteiger partial charge is 0.376 e. The van der Waals surface area contributed by atoms with Crippen LogP contribution in [0.2, 0.25) is 0 Å². The molecule has 2 rings (SSSR count).